The highest BCUT2D eigenvalue weighted by atomic mass is 15.2. The summed E-state index contributed by atoms with van der Waals surface area (Å²) in [6, 6.07) is 2.23. The summed E-state index contributed by atoms with van der Waals surface area (Å²) in [7, 11) is 2.09. The van der Waals surface area contributed by atoms with Gasteiger partial charge in [0, 0.05) is 19.8 Å². The fourth-order valence-electron chi connectivity index (χ4n) is 1.54. The minimum Gasteiger partial charge on any atom is -0.359 e. The number of nitrogens with zero attached hydrogens (tertiary/aromatic N) is 2. The Morgan fingerprint density at radius 3 is 2.77 bits per heavy atom. The molecule has 2 heterocycles. The number of pyridine rings is 1. The van der Waals surface area contributed by atoms with Gasteiger partial charge < -0.3 is 4.90 Å². The monoisotopic (exact) mass is 178 g/mol. The second kappa shape index (κ2) is 4.26. The highest BCUT2D eigenvalue weighted by Gasteiger charge is 2.15. The van der Waals surface area contributed by atoms with Crippen LogP contribution in [0.2, 0.25) is 0 Å². The van der Waals surface area contributed by atoms with Crippen molar-refractivity contribution in [3.63, 3.8) is 0 Å². The van der Waals surface area contributed by atoms with Gasteiger partial charge in [-0.2, -0.15) is 0 Å². The molecule has 0 saturated heterocycles. The van der Waals surface area contributed by atoms with E-state index in [9.17, 15) is 0 Å². The first-order valence-corrected chi connectivity index (χ1v) is 4.94. The minimum atomic E-state index is 1.12. The summed E-state index contributed by atoms with van der Waals surface area (Å²) in [5, 5.41) is 0. The van der Waals surface area contributed by atoms with Gasteiger partial charge in [0.1, 0.15) is 5.82 Å². The van der Waals surface area contributed by atoms with Crippen molar-refractivity contribution in [1.82, 2.24) is 4.98 Å². The van der Waals surface area contributed by atoms with Gasteiger partial charge in [-0.25, -0.2) is 4.98 Å². The van der Waals surface area contributed by atoms with E-state index in [1.165, 1.54) is 11.1 Å². The summed E-state index contributed by atoms with van der Waals surface area (Å²) in [4.78, 5) is 6.57. The third-order valence-corrected chi connectivity index (χ3v) is 2.16. The molecule has 1 aromatic heterocycles. The van der Waals surface area contributed by atoms with E-state index in [-0.39, 0.29) is 0 Å². The van der Waals surface area contributed by atoms with Crippen LogP contribution < -0.4 is 4.90 Å². The molecule has 0 bridgehead atoms. The number of aryl methyl sites for hydroxylation is 1. The van der Waals surface area contributed by atoms with Crippen molar-refractivity contribution in [3.8, 4) is 0 Å². The molecule has 2 rings (SSSR count). The molecule has 2 heteroatoms. The Morgan fingerprint density at radius 1 is 1.38 bits per heavy atom. The van der Waals surface area contributed by atoms with Gasteiger partial charge in [0.05, 0.1) is 0 Å². The van der Waals surface area contributed by atoms with Crippen LogP contribution in [0.5, 0.6) is 0 Å². The van der Waals surface area contributed by atoms with E-state index >= 15 is 0 Å². The quantitative estimate of drug-likeness (QED) is 0.606. The third-order valence-electron chi connectivity index (χ3n) is 2.16. The zero-order chi connectivity index (χ0) is 9.84. The first-order valence-electron chi connectivity index (χ1n) is 4.94. The number of likely N-dealkylation sites (N-methyl/N-ethyl adjacent to an activating group) is 1. The lowest BCUT2D eigenvalue weighted by molar-refractivity contribution is 0.945. The standard InChI is InChI=1S/C9H12N2.C2H6/c1-7-5-8-3-4-11(2)9(8)10-6-7;1-2/h5-6H,3-4H2,1-2H3;1-2H3. The van der Waals surface area contributed by atoms with E-state index in [1.54, 1.807) is 0 Å². The van der Waals surface area contributed by atoms with E-state index in [1.807, 2.05) is 20.0 Å². The van der Waals surface area contributed by atoms with E-state index in [2.05, 4.69) is 29.9 Å². The van der Waals surface area contributed by atoms with Crippen molar-refractivity contribution in [1.29, 1.82) is 0 Å². The zero-order valence-electron chi connectivity index (χ0n) is 8.96. The van der Waals surface area contributed by atoms with Crippen LogP contribution in [0, 0.1) is 6.92 Å². The largest absolute Gasteiger partial charge is 0.359 e. The van der Waals surface area contributed by atoms with Gasteiger partial charge in [-0.15, -0.1) is 0 Å². The fraction of sp³-hybridized carbons (Fsp3) is 0.545. The Bertz CT molecular complexity index is 281. The molecule has 0 N–H and O–H groups in total. The summed E-state index contributed by atoms with van der Waals surface area (Å²) in [5.74, 6) is 1.16. The molecule has 0 fully saturated rings. The molecule has 1 aliphatic rings. The summed E-state index contributed by atoms with van der Waals surface area (Å²) in [6.07, 6.45) is 3.08. The van der Waals surface area contributed by atoms with Crippen molar-refractivity contribution in [3.05, 3.63) is 23.4 Å². The first kappa shape index (κ1) is 10.0. The van der Waals surface area contributed by atoms with Crippen LogP contribution in [-0.4, -0.2) is 18.6 Å². The molecule has 1 aromatic rings. The molecule has 0 unspecified atom stereocenters. The maximum Gasteiger partial charge on any atom is 0.131 e. The van der Waals surface area contributed by atoms with Crippen LogP contribution in [0.4, 0.5) is 5.82 Å². The SMILES string of the molecule is CC.Cc1cnc2c(c1)CCN2C. The maximum absolute atomic E-state index is 4.37. The molecule has 0 amide bonds. The van der Waals surface area contributed by atoms with Gasteiger partial charge in [-0.3, -0.25) is 0 Å². The molecule has 0 aliphatic carbocycles. The maximum atomic E-state index is 4.37. The predicted molar refractivity (Wildman–Crippen MR) is 57.3 cm³/mol. The molecule has 72 valence electrons. The van der Waals surface area contributed by atoms with Crippen molar-refractivity contribution in [2.75, 3.05) is 18.5 Å². The van der Waals surface area contributed by atoms with E-state index in [0.29, 0.717) is 0 Å². The molecule has 1 aliphatic heterocycles. The topological polar surface area (TPSA) is 16.1 Å². The van der Waals surface area contributed by atoms with Crippen molar-refractivity contribution >= 4 is 5.82 Å². The lowest BCUT2D eigenvalue weighted by Crippen LogP contribution is -2.13. The highest BCUT2D eigenvalue weighted by Crippen LogP contribution is 2.23. The van der Waals surface area contributed by atoms with Gasteiger partial charge in [0.2, 0.25) is 0 Å². The normalized spacial score (nSPS) is 13.4. The van der Waals surface area contributed by atoms with Crippen molar-refractivity contribution in [2.45, 2.75) is 27.2 Å². The number of aromatic nitrogens is 1. The van der Waals surface area contributed by atoms with E-state index < -0.39 is 0 Å². The second-order valence-electron chi connectivity index (χ2n) is 3.17. The fourth-order valence-corrected chi connectivity index (χ4v) is 1.54. The molecule has 0 radical (unpaired) electrons. The number of hydrogen-bond acceptors (Lipinski definition) is 2. The second-order valence-corrected chi connectivity index (χ2v) is 3.17. The van der Waals surface area contributed by atoms with Crippen LogP contribution in [0.1, 0.15) is 25.0 Å². The van der Waals surface area contributed by atoms with Gasteiger partial charge >= 0.3 is 0 Å². The summed E-state index contributed by atoms with van der Waals surface area (Å²) in [6.45, 7) is 7.21. The van der Waals surface area contributed by atoms with Crippen molar-refractivity contribution in [2.24, 2.45) is 0 Å². The van der Waals surface area contributed by atoms with Crippen LogP contribution in [0.25, 0.3) is 0 Å². The number of fused-ring (bicyclic) bond motifs is 1. The van der Waals surface area contributed by atoms with Crippen LogP contribution in [0.3, 0.4) is 0 Å². The summed E-state index contributed by atoms with van der Waals surface area (Å²) in [5.41, 5.74) is 2.66. The Morgan fingerprint density at radius 2 is 2.08 bits per heavy atom. The molecule has 13 heavy (non-hydrogen) atoms. The number of rotatable bonds is 0. The third kappa shape index (κ3) is 2.00. The van der Waals surface area contributed by atoms with Crippen LogP contribution in [0.15, 0.2) is 12.3 Å². The van der Waals surface area contributed by atoms with E-state index in [0.717, 1.165) is 18.8 Å². The lowest BCUT2D eigenvalue weighted by Gasteiger charge is -2.09. The zero-order valence-corrected chi connectivity index (χ0v) is 8.96. The van der Waals surface area contributed by atoms with E-state index in [4.69, 9.17) is 0 Å². The molecule has 0 spiro atoms. The molecule has 0 saturated carbocycles. The highest BCUT2D eigenvalue weighted by molar-refractivity contribution is 5.51. The first-order chi connectivity index (χ1) is 6.27. The summed E-state index contributed by atoms with van der Waals surface area (Å²) < 4.78 is 0. The average Bonchev–Trinajstić information content (AvgIpc) is 2.51. The molecular formula is C11H18N2. The van der Waals surface area contributed by atoms with Crippen LogP contribution >= 0.6 is 0 Å². The predicted octanol–water partition coefficient (Wildman–Crippen LogP) is 2.41. The average molecular weight is 178 g/mol. The Labute approximate surface area is 80.6 Å². The van der Waals surface area contributed by atoms with Gasteiger partial charge in [-0.05, 0) is 24.5 Å². The minimum absolute atomic E-state index is 1.12. The smallest absolute Gasteiger partial charge is 0.131 e. The van der Waals surface area contributed by atoms with Gasteiger partial charge in [-0.1, -0.05) is 19.9 Å². The van der Waals surface area contributed by atoms with Gasteiger partial charge in [0.15, 0.2) is 0 Å². The Balaban J connectivity index is 0.000000396. The van der Waals surface area contributed by atoms with Crippen molar-refractivity contribution < 1.29 is 0 Å². The molecule has 0 aromatic carbocycles. The number of anilines is 1. The summed E-state index contributed by atoms with van der Waals surface area (Å²) >= 11 is 0. The Kier molecular flexibility index (Phi) is 3.29. The van der Waals surface area contributed by atoms with Gasteiger partial charge in [0.25, 0.3) is 0 Å². The molecule has 2 nitrogen and oxygen atoms in total. The Hall–Kier alpha value is -1.05. The van der Waals surface area contributed by atoms with Crippen LogP contribution in [-0.2, 0) is 6.42 Å². The lowest BCUT2D eigenvalue weighted by atomic mass is 10.2. The molecular weight excluding hydrogens is 160 g/mol. The number of hydrogen-bond donors (Lipinski definition) is 0. The molecule has 0 atom stereocenters.